The number of aromatic nitrogens is 1. The Morgan fingerprint density at radius 3 is 3.25 bits per heavy atom. The number of thioether (sulfide) groups is 1. The van der Waals surface area contributed by atoms with E-state index in [1.807, 2.05) is 12.3 Å². The molecular weight excluding hydrogens is 216 g/mol. The van der Waals surface area contributed by atoms with E-state index < -0.39 is 0 Å². The fourth-order valence-electron chi connectivity index (χ4n) is 2.09. The molecule has 1 aliphatic rings. The van der Waals surface area contributed by atoms with Gasteiger partial charge in [-0.05, 0) is 48.4 Å². The van der Waals surface area contributed by atoms with Gasteiger partial charge < -0.3 is 5.32 Å². The third-order valence-electron chi connectivity index (χ3n) is 3.11. The van der Waals surface area contributed by atoms with Gasteiger partial charge in [-0.3, -0.25) is 4.98 Å². The van der Waals surface area contributed by atoms with E-state index in [4.69, 9.17) is 0 Å². The van der Waals surface area contributed by atoms with Gasteiger partial charge in [0.1, 0.15) is 0 Å². The highest BCUT2D eigenvalue weighted by molar-refractivity contribution is 7.99. The summed E-state index contributed by atoms with van der Waals surface area (Å²) in [7, 11) is 0. The second-order valence-electron chi connectivity index (χ2n) is 4.32. The van der Waals surface area contributed by atoms with E-state index in [1.54, 1.807) is 0 Å². The second-order valence-corrected chi connectivity index (χ2v) is 5.47. The number of nitrogens with one attached hydrogen (secondary N) is 1. The second kappa shape index (κ2) is 6.26. The predicted molar refractivity (Wildman–Crippen MR) is 70.8 cm³/mol. The van der Waals surface area contributed by atoms with Crippen LogP contribution in [0.15, 0.2) is 18.3 Å². The number of hydrogen-bond acceptors (Lipinski definition) is 3. The van der Waals surface area contributed by atoms with Crippen LogP contribution in [-0.4, -0.2) is 23.0 Å². The topological polar surface area (TPSA) is 24.9 Å². The molecule has 1 saturated heterocycles. The van der Waals surface area contributed by atoms with Gasteiger partial charge in [0.05, 0.1) is 5.69 Å². The molecule has 0 bridgehead atoms. The van der Waals surface area contributed by atoms with Crippen molar-refractivity contribution < 1.29 is 0 Å². The van der Waals surface area contributed by atoms with Crippen molar-refractivity contribution in [3.05, 3.63) is 29.6 Å². The van der Waals surface area contributed by atoms with Crippen LogP contribution in [-0.2, 0) is 13.0 Å². The summed E-state index contributed by atoms with van der Waals surface area (Å²) in [5.41, 5.74) is 2.59. The fourth-order valence-corrected chi connectivity index (χ4v) is 3.38. The number of aryl methyl sites for hydroxylation is 1. The first-order valence-corrected chi connectivity index (χ1v) is 7.27. The Balaban J connectivity index is 1.79. The molecule has 1 aromatic rings. The maximum atomic E-state index is 4.45. The number of hydrogen-bond donors (Lipinski definition) is 1. The van der Waals surface area contributed by atoms with Crippen LogP contribution in [0, 0.1) is 5.92 Å². The predicted octanol–water partition coefficient (Wildman–Crippen LogP) is 2.49. The van der Waals surface area contributed by atoms with Crippen molar-refractivity contribution in [2.75, 3.05) is 18.1 Å². The van der Waals surface area contributed by atoms with E-state index in [1.165, 1.54) is 29.2 Å². The molecule has 1 aromatic heterocycles. The minimum atomic E-state index is 0.874. The van der Waals surface area contributed by atoms with Gasteiger partial charge in [0.15, 0.2) is 0 Å². The van der Waals surface area contributed by atoms with Gasteiger partial charge in [0.2, 0.25) is 0 Å². The molecule has 2 heterocycles. The van der Waals surface area contributed by atoms with Crippen LogP contribution in [0.4, 0.5) is 0 Å². The average Bonchev–Trinajstić information content (AvgIpc) is 2.83. The summed E-state index contributed by atoms with van der Waals surface area (Å²) >= 11 is 2.08. The molecule has 2 rings (SSSR count). The van der Waals surface area contributed by atoms with E-state index in [2.05, 4.69) is 35.1 Å². The van der Waals surface area contributed by atoms with Gasteiger partial charge in [-0.2, -0.15) is 11.8 Å². The molecule has 1 atom stereocenters. The van der Waals surface area contributed by atoms with E-state index in [0.717, 1.165) is 25.4 Å². The zero-order valence-electron chi connectivity index (χ0n) is 9.91. The Labute approximate surface area is 102 Å². The quantitative estimate of drug-likeness (QED) is 0.850. The average molecular weight is 236 g/mol. The van der Waals surface area contributed by atoms with Crippen LogP contribution < -0.4 is 5.32 Å². The zero-order chi connectivity index (χ0) is 11.2. The molecular formula is C13H20N2S. The summed E-state index contributed by atoms with van der Waals surface area (Å²) in [6.07, 6.45) is 4.34. The van der Waals surface area contributed by atoms with E-state index in [0.29, 0.717) is 0 Å². The molecule has 0 aromatic carbocycles. The largest absolute Gasteiger partial charge is 0.311 e. The lowest BCUT2D eigenvalue weighted by molar-refractivity contribution is 0.519. The highest BCUT2D eigenvalue weighted by atomic mass is 32.2. The summed E-state index contributed by atoms with van der Waals surface area (Å²) in [5.74, 6) is 3.55. The lowest BCUT2D eigenvalue weighted by Gasteiger charge is -2.11. The van der Waals surface area contributed by atoms with Crippen molar-refractivity contribution >= 4 is 11.8 Å². The Kier molecular flexibility index (Phi) is 4.67. The smallest absolute Gasteiger partial charge is 0.0573 e. The van der Waals surface area contributed by atoms with Gasteiger partial charge in [-0.1, -0.05) is 13.0 Å². The molecule has 1 unspecified atom stereocenters. The van der Waals surface area contributed by atoms with Crippen LogP contribution >= 0.6 is 11.8 Å². The van der Waals surface area contributed by atoms with Crippen LogP contribution in [0.3, 0.4) is 0 Å². The molecule has 0 amide bonds. The zero-order valence-corrected chi connectivity index (χ0v) is 10.7. The van der Waals surface area contributed by atoms with Gasteiger partial charge >= 0.3 is 0 Å². The SMILES string of the molecule is CCc1cccnc1CNCC1CCSC1. The number of nitrogens with zero attached hydrogens (tertiary/aromatic N) is 1. The first kappa shape index (κ1) is 11.9. The Bertz CT molecular complexity index is 321. The Hall–Kier alpha value is -0.540. The highest BCUT2D eigenvalue weighted by Gasteiger charge is 2.14. The van der Waals surface area contributed by atoms with Crippen molar-refractivity contribution in [2.45, 2.75) is 26.3 Å². The van der Waals surface area contributed by atoms with Crippen LogP contribution in [0.5, 0.6) is 0 Å². The van der Waals surface area contributed by atoms with E-state index >= 15 is 0 Å². The summed E-state index contributed by atoms with van der Waals surface area (Å²) in [6, 6.07) is 4.20. The molecule has 2 nitrogen and oxygen atoms in total. The minimum Gasteiger partial charge on any atom is -0.311 e. The van der Waals surface area contributed by atoms with Gasteiger partial charge in [-0.15, -0.1) is 0 Å². The first-order valence-electron chi connectivity index (χ1n) is 6.11. The molecule has 3 heteroatoms. The van der Waals surface area contributed by atoms with Crippen LogP contribution in [0.1, 0.15) is 24.6 Å². The van der Waals surface area contributed by atoms with Crippen molar-refractivity contribution in [3.63, 3.8) is 0 Å². The molecule has 1 N–H and O–H groups in total. The molecule has 0 radical (unpaired) electrons. The van der Waals surface area contributed by atoms with Crippen molar-refractivity contribution in [1.29, 1.82) is 0 Å². The lowest BCUT2D eigenvalue weighted by Crippen LogP contribution is -2.23. The summed E-state index contributed by atoms with van der Waals surface area (Å²) in [4.78, 5) is 4.45. The monoisotopic (exact) mass is 236 g/mol. The lowest BCUT2D eigenvalue weighted by atomic mass is 10.1. The molecule has 16 heavy (non-hydrogen) atoms. The van der Waals surface area contributed by atoms with Crippen LogP contribution in [0.2, 0.25) is 0 Å². The fraction of sp³-hybridized carbons (Fsp3) is 0.615. The van der Waals surface area contributed by atoms with Crippen molar-refractivity contribution in [2.24, 2.45) is 5.92 Å². The maximum Gasteiger partial charge on any atom is 0.0573 e. The molecule has 0 saturated carbocycles. The highest BCUT2D eigenvalue weighted by Crippen LogP contribution is 2.22. The molecule has 0 spiro atoms. The third kappa shape index (κ3) is 3.22. The maximum absolute atomic E-state index is 4.45. The third-order valence-corrected chi connectivity index (χ3v) is 4.35. The minimum absolute atomic E-state index is 0.874. The summed E-state index contributed by atoms with van der Waals surface area (Å²) < 4.78 is 0. The first-order chi connectivity index (χ1) is 7.90. The van der Waals surface area contributed by atoms with Crippen molar-refractivity contribution in [1.82, 2.24) is 10.3 Å². The molecule has 1 aliphatic heterocycles. The van der Waals surface area contributed by atoms with Gasteiger partial charge in [0.25, 0.3) is 0 Å². The van der Waals surface area contributed by atoms with Crippen molar-refractivity contribution in [3.8, 4) is 0 Å². The normalized spacial score (nSPS) is 20.2. The molecule has 0 aliphatic carbocycles. The van der Waals surface area contributed by atoms with E-state index in [9.17, 15) is 0 Å². The molecule has 1 fully saturated rings. The Morgan fingerprint density at radius 1 is 1.56 bits per heavy atom. The number of rotatable bonds is 5. The van der Waals surface area contributed by atoms with E-state index in [-0.39, 0.29) is 0 Å². The van der Waals surface area contributed by atoms with Crippen LogP contribution in [0.25, 0.3) is 0 Å². The van der Waals surface area contributed by atoms with Gasteiger partial charge in [0, 0.05) is 12.7 Å². The number of pyridine rings is 1. The summed E-state index contributed by atoms with van der Waals surface area (Å²) in [5, 5.41) is 3.54. The summed E-state index contributed by atoms with van der Waals surface area (Å²) in [6.45, 7) is 4.26. The molecule has 88 valence electrons. The Morgan fingerprint density at radius 2 is 2.50 bits per heavy atom. The standard InChI is InChI=1S/C13H20N2S/c1-2-12-4-3-6-15-13(12)9-14-8-11-5-7-16-10-11/h3-4,6,11,14H,2,5,7-10H2,1H3. The van der Waals surface area contributed by atoms with Gasteiger partial charge in [-0.25, -0.2) is 0 Å².